The van der Waals surface area contributed by atoms with E-state index in [2.05, 4.69) is 10.6 Å². The molecule has 34 heavy (non-hydrogen) atoms. The van der Waals surface area contributed by atoms with Crippen LogP contribution in [0.15, 0.2) is 72.8 Å². The van der Waals surface area contributed by atoms with Gasteiger partial charge >= 0.3 is 0 Å². The Hall–Kier alpha value is -4.46. The van der Waals surface area contributed by atoms with Crippen LogP contribution in [0, 0.1) is 0 Å². The fourth-order valence-electron chi connectivity index (χ4n) is 3.61. The lowest BCUT2D eigenvalue weighted by molar-refractivity contribution is -0.115. The second kappa shape index (κ2) is 9.99. The SMILES string of the molecule is CCOc1ccc(NC(=O)CNC(=O)c2ccc3c(c2)C(=O)N(Cc2ccccc2)C3=O)cc1. The molecule has 3 aromatic rings. The largest absolute Gasteiger partial charge is 0.494 e. The maximum absolute atomic E-state index is 12.8. The number of carbonyl (C=O) groups is 4. The lowest BCUT2D eigenvalue weighted by Gasteiger charge is -2.13. The Labute approximate surface area is 196 Å². The number of benzene rings is 3. The summed E-state index contributed by atoms with van der Waals surface area (Å²) in [5.74, 6) is -1.08. The fraction of sp³-hybridized carbons (Fsp3) is 0.154. The van der Waals surface area contributed by atoms with Gasteiger partial charge in [0.05, 0.1) is 30.8 Å². The highest BCUT2D eigenvalue weighted by atomic mass is 16.5. The van der Waals surface area contributed by atoms with Crippen molar-refractivity contribution in [2.24, 2.45) is 0 Å². The number of hydrogen-bond donors (Lipinski definition) is 2. The molecule has 1 aliphatic rings. The summed E-state index contributed by atoms with van der Waals surface area (Å²) in [6.07, 6.45) is 0. The van der Waals surface area contributed by atoms with Crippen LogP contribution < -0.4 is 15.4 Å². The lowest BCUT2D eigenvalue weighted by atomic mass is 10.1. The molecule has 1 aliphatic heterocycles. The van der Waals surface area contributed by atoms with Gasteiger partial charge in [0, 0.05) is 11.3 Å². The van der Waals surface area contributed by atoms with Gasteiger partial charge in [-0.05, 0) is 55.0 Å². The molecular weight excluding hydrogens is 434 g/mol. The Kier molecular flexibility index (Phi) is 6.68. The molecule has 3 aromatic carbocycles. The van der Waals surface area contributed by atoms with Crippen molar-refractivity contribution in [3.05, 3.63) is 95.1 Å². The van der Waals surface area contributed by atoms with Crippen LogP contribution >= 0.6 is 0 Å². The average Bonchev–Trinajstić information content (AvgIpc) is 3.09. The van der Waals surface area contributed by atoms with E-state index in [0.29, 0.717) is 18.0 Å². The number of nitrogens with zero attached hydrogens (tertiary/aromatic N) is 1. The predicted octanol–water partition coefficient (Wildman–Crippen LogP) is 3.25. The molecule has 0 saturated heterocycles. The van der Waals surface area contributed by atoms with E-state index in [1.165, 1.54) is 18.2 Å². The van der Waals surface area contributed by atoms with E-state index in [4.69, 9.17) is 4.74 Å². The number of carbonyl (C=O) groups excluding carboxylic acids is 4. The van der Waals surface area contributed by atoms with Crippen LogP contribution in [0.2, 0.25) is 0 Å². The van der Waals surface area contributed by atoms with Gasteiger partial charge in [-0.2, -0.15) is 0 Å². The van der Waals surface area contributed by atoms with Crippen LogP contribution in [0.25, 0.3) is 0 Å². The number of anilines is 1. The van der Waals surface area contributed by atoms with Gasteiger partial charge in [0.2, 0.25) is 5.91 Å². The third-order valence-corrected chi connectivity index (χ3v) is 5.27. The van der Waals surface area contributed by atoms with E-state index in [1.54, 1.807) is 24.3 Å². The summed E-state index contributed by atoms with van der Waals surface area (Å²) in [6.45, 7) is 2.33. The average molecular weight is 457 g/mol. The van der Waals surface area contributed by atoms with Crippen LogP contribution in [-0.2, 0) is 11.3 Å². The second-order valence-electron chi connectivity index (χ2n) is 7.63. The number of hydrogen-bond acceptors (Lipinski definition) is 5. The smallest absolute Gasteiger partial charge is 0.261 e. The minimum absolute atomic E-state index is 0.153. The molecule has 8 heteroatoms. The van der Waals surface area contributed by atoms with Gasteiger partial charge in [0.15, 0.2) is 0 Å². The molecule has 1 heterocycles. The molecule has 0 unspecified atom stereocenters. The van der Waals surface area contributed by atoms with Gasteiger partial charge < -0.3 is 15.4 Å². The summed E-state index contributed by atoms with van der Waals surface area (Å²) in [4.78, 5) is 51.4. The van der Waals surface area contributed by atoms with Gasteiger partial charge in [0.25, 0.3) is 17.7 Å². The molecular formula is C26H23N3O5. The Morgan fingerprint density at radius 1 is 0.882 bits per heavy atom. The summed E-state index contributed by atoms with van der Waals surface area (Å²) >= 11 is 0. The molecule has 0 atom stereocenters. The first kappa shape index (κ1) is 22.7. The van der Waals surface area contributed by atoms with Gasteiger partial charge in [-0.15, -0.1) is 0 Å². The van der Waals surface area contributed by atoms with Crippen LogP contribution in [0.3, 0.4) is 0 Å². The van der Waals surface area contributed by atoms with Crippen molar-refractivity contribution >= 4 is 29.3 Å². The number of imide groups is 1. The lowest BCUT2D eigenvalue weighted by Crippen LogP contribution is -2.33. The van der Waals surface area contributed by atoms with Crippen molar-refractivity contribution in [2.75, 3.05) is 18.5 Å². The van der Waals surface area contributed by atoms with Crippen molar-refractivity contribution in [1.29, 1.82) is 0 Å². The predicted molar refractivity (Wildman–Crippen MR) is 126 cm³/mol. The minimum Gasteiger partial charge on any atom is -0.494 e. The summed E-state index contributed by atoms with van der Waals surface area (Å²) in [7, 11) is 0. The highest BCUT2D eigenvalue weighted by Crippen LogP contribution is 2.25. The van der Waals surface area contributed by atoms with Crippen LogP contribution in [-0.4, -0.2) is 41.7 Å². The fourth-order valence-corrected chi connectivity index (χ4v) is 3.61. The van der Waals surface area contributed by atoms with Gasteiger partial charge in [-0.3, -0.25) is 24.1 Å². The van der Waals surface area contributed by atoms with Crippen molar-refractivity contribution in [3.8, 4) is 5.75 Å². The normalized spacial score (nSPS) is 12.3. The monoisotopic (exact) mass is 457 g/mol. The van der Waals surface area contributed by atoms with Gasteiger partial charge in [0.1, 0.15) is 5.75 Å². The number of rotatable bonds is 8. The first-order valence-corrected chi connectivity index (χ1v) is 10.8. The zero-order chi connectivity index (χ0) is 24.1. The third-order valence-electron chi connectivity index (χ3n) is 5.27. The molecule has 4 amide bonds. The summed E-state index contributed by atoms with van der Waals surface area (Å²) in [5, 5.41) is 5.22. The van der Waals surface area contributed by atoms with E-state index in [1.807, 2.05) is 37.3 Å². The van der Waals surface area contributed by atoms with Crippen molar-refractivity contribution < 1.29 is 23.9 Å². The maximum Gasteiger partial charge on any atom is 0.261 e. The molecule has 0 radical (unpaired) electrons. The van der Waals surface area contributed by atoms with E-state index in [9.17, 15) is 19.2 Å². The molecule has 0 bridgehead atoms. The zero-order valence-electron chi connectivity index (χ0n) is 18.5. The molecule has 172 valence electrons. The molecule has 2 N–H and O–H groups in total. The molecule has 0 aromatic heterocycles. The Balaban J connectivity index is 1.36. The zero-order valence-corrected chi connectivity index (χ0v) is 18.5. The van der Waals surface area contributed by atoms with E-state index in [-0.39, 0.29) is 29.8 Å². The first-order valence-electron chi connectivity index (χ1n) is 10.8. The van der Waals surface area contributed by atoms with Crippen molar-refractivity contribution in [3.63, 3.8) is 0 Å². The molecule has 0 saturated carbocycles. The van der Waals surface area contributed by atoms with E-state index in [0.717, 1.165) is 10.5 Å². The summed E-state index contributed by atoms with van der Waals surface area (Å²) in [5.41, 5.74) is 2.02. The number of fused-ring (bicyclic) bond motifs is 1. The molecule has 0 aliphatic carbocycles. The standard InChI is InChI=1S/C26H23N3O5/c1-2-34-20-11-9-19(10-12-20)28-23(30)15-27-24(31)18-8-13-21-22(14-18)26(33)29(25(21)32)16-17-6-4-3-5-7-17/h3-14H,2,15-16H2,1H3,(H,27,31)(H,28,30). The second-order valence-corrected chi connectivity index (χ2v) is 7.63. The highest BCUT2D eigenvalue weighted by Gasteiger charge is 2.36. The maximum atomic E-state index is 12.8. The first-order chi connectivity index (χ1) is 16.5. The van der Waals surface area contributed by atoms with Crippen LogP contribution in [0.4, 0.5) is 5.69 Å². The van der Waals surface area contributed by atoms with Gasteiger partial charge in [-0.1, -0.05) is 30.3 Å². The highest BCUT2D eigenvalue weighted by molar-refractivity contribution is 6.22. The van der Waals surface area contributed by atoms with Crippen molar-refractivity contribution in [2.45, 2.75) is 13.5 Å². The van der Waals surface area contributed by atoms with Crippen LogP contribution in [0.5, 0.6) is 5.75 Å². The summed E-state index contributed by atoms with van der Waals surface area (Å²) in [6, 6.07) is 20.4. The summed E-state index contributed by atoms with van der Waals surface area (Å²) < 4.78 is 5.36. The molecule has 0 spiro atoms. The Bertz CT molecular complexity index is 1240. The van der Waals surface area contributed by atoms with Crippen molar-refractivity contribution in [1.82, 2.24) is 10.2 Å². The Morgan fingerprint density at radius 3 is 2.29 bits per heavy atom. The number of amides is 4. The number of ether oxygens (including phenoxy) is 1. The van der Waals surface area contributed by atoms with E-state index < -0.39 is 23.6 Å². The van der Waals surface area contributed by atoms with E-state index >= 15 is 0 Å². The molecule has 4 rings (SSSR count). The third kappa shape index (κ3) is 4.96. The minimum atomic E-state index is -0.522. The quantitative estimate of drug-likeness (QED) is 0.506. The van der Waals surface area contributed by atoms with Crippen LogP contribution in [0.1, 0.15) is 43.6 Å². The topological polar surface area (TPSA) is 105 Å². The number of nitrogens with one attached hydrogen (secondary N) is 2. The van der Waals surface area contributed by atoms with Gasteiger partial charge in [-0.25, -0.2) is 0 Å². The molecule has 0 fully saturated rings. The molecule has 8 nitrogen and oxygen atoms in total. The Morgan fingerprint density at radius 2 is 1.59 bits per heavy atom.